The van der Waals surface area contributed by atoms with Gasteiger partial charge in [0.15, 0.2) is 0 Å². The molecule has 6 rings (SSSR count). The number of anilines is 1. The largest absolute Gasteiger partial charge is 0.486 e. The zero-order valence-electron chi connectivity index (χ0n) is 25.6. The van der Waals surface area contributed by atoms with Gasteiger partial charge < -0.3 is 19.3 Å². The van der Waals surface area contributed by atoms with Crippen LogP contribution in [0.25, 0.3) is 10.9 Å². The van der Waals surface area contributed by atoms with Crippen LogP contribution in [0.1, 0.15) is 28.8 Å². The van der Waals surface area contributed by atoms with Crippen LogP contribution >= 0.6 is 0 Å². The smallest absolute Gasteiger partial charge is 0.328 e. The number of nitrogens with zero attached hydrogens (tertiary/aromatic N) is 4. The molecule has 1 atom stereocenters. The van der Waals surface area contributed by atoms with Crippen LogP contribution in [0, 0.1) is 19.7 Å². The molecule has 1 saturated heterocycles. The number of halogens is 1. The lowest BCUT2D eigenvalue weighted by Crippen LogP contribution is -2.51. The Labute approximate surface area is 257 Å². The van der Waals surface area contributed by atoms with Gasteiger partial charge in [-0.1, -0.05) is 42.0 Å². The van der Waals surface area contributed by atoms with Crippen LogP contribution in [0.15, 0.2) is 66.7 Å². The molecule has 0 unspecified atom stereocenters. The van der Waals surface area contributed by atoms with E-state index in [0.29, 0.717) is 25.4 Å². The molecule has 0 bridgehead atoms. The summed E-state index contributed by atoms with van der Waals surface area (Å²) in [5, 5.41) is 0.910. The lowest BCUT2D eigenvalue weighted by Gasteiger charge is -2.37. The van der Waals surface area contributed by atoms with Crippen LogP contribution in [-0.4, -0.2) is 78.8 Å². The fraction of sp³-hybridized carbons (Fsp3) is 0.371. The minimum absolute atomic E-state index is 0.0211. The Morgan fingerprint density at radius 1 is 0.977 bits per heavy atom. The molecule has 0 radical (unpaired) electrons. The summed E-state index contributed by atoms with van der Waals surface area (Å²) in [6.45, 7) is 8.48. The summed E-state index contributed by atoms with van der Waals surface area (Å²) in [7, 11) is 1.96. The highest BCUT2D eigenvalue weighted by molar-refractivity contribution is 5.97. The molecule has 1 fully saturated rings. The van der Waals surface area contributed by atoms with Gasteiger partial charge in [-0.05, 0) is 55.7 Å². The SMILES string of the molecule is Cc1ccc2c(c1)c(CC(=O)OCc1ccccc1)c(C)n2C(=O)N1CCN(CC[C@@H]2CN(C)c3cc(F)ccc3O2)CC1. The molecule has 44 heavy (non-hydrogen) atoms. The molecule has 3 aromatic carbocycles. The summed E-state index contributed by atoms with van der Waals surface area (Å²) in [6.07, 6.45) is 0.970. The third-order valence-electron chi connectivity index (χ3n) is 8.76. The van der Waals surface area contributed by atoms with Crippen LogP contribution in [0.2, 0.25) is 0 Å². The van der Waals surface area contributed by atoms with Gasteiger partial charge in [-0.3, -0.25) is 14.3 Å². The van der Waals surface area contributed by atoms with E-state index in [1.165, 1.54) is 12.1 Å². The first-order valence-electron chi connectivity index (χ1n) is 15.3. The Balaban J connectivity index is 1.08. The van der Waals surface area contributed by atoms with E-state index in [1.54, 1.807) is 10.6 Å². The number of aryl methyl sites for hydroxylation is 1. The molecule has 0 spiro atoms. The van der Waals surface area contributed by atoms with E-state index >= 15 is 0 Å². The number of piperazine rings is 1. The summed E-state index contributed by atoms with van der Waals surface area (Å²) in [6, 6.07) is 20.2. The molecule has 0 N–H and O–H groups in total. The average molecular weight is 599 g/mol. The van der Waals surface area contributed by atoms with E-state index in [1.807, 2.05) is 79.2 Å². The van der Waals surface area contributed by atoms with Gasteiger partial charge in [-0.25, -0.2) is 9.18 Å². The molecule has 230 valence electrons. The van der Waals surface area contributed by atoms with E-state index in [-0.39, 0.29) is 36.9 Å². The van der Waals surface area contributed by atoms with Crippen molar-refractivity contribution in [3.05, 3.63) is 94.9 Å². The second kappa shape index (κ2) is 12.7. The maximum absolute atomic E-state index is 13.9. The van der Waals surface area contributed by atoms with Crippen molar-refractivity contribution in [1.29, 1.82) is 0 Å². The minimum Gasteiger partial charge on any atom is -0.486 e. The lowest BCUT2D eigenvalue weighted by molar-refractivity contribution is -0.144. The minimum atomic E-state index is -0.317. The van der Waals surface area contributed by atoms with E-state index in [9.17, 15) is 14.0 Å². The van der Waals surface area contributed by atoms with E-state index in [4.69, 9.17) is 9.47 Å². The van der Waals surface area contributed by atoms with Crippen molar-refractivity contribution < 1.29 is 23.5 Å². The molecule has 4 aromatic rings. The highest BCUT2D eigenvalue weighted by Gasteiger charge is 2.29. The number of carbonyl (C=O) groups is 2. The van der Waals surface area contributed by atoms with Gasteiger partial charge in [0.25, 0.3) is 0 Å². The number of hydrogen-bond acceptors (Lipinski definition) is 6. The average Bonchev–Trinajstić information content (AvgIpc) is 3.29. The number of aromatic nitrogens is 1. The number of amides is 1. The van der Waals surface area contributed by atoms with Crippen LogP contribution in [0.4, 0.5) is 14.9 Å². The van der Waals surface area contributed by atoms with Crippen molar-refractivity contribution in [3.63, 3.8) is 0 Å². The van der Waals surface area contributed by atoms with Crippen molar-refractivity contribution in [2.75, 3.05) is 51.2 Å². The number of fused-ring (bicyclic) bond motifs is 2. The molecule has 0 saturated carbocycles. The topological polar surface area (TPSA) is 67.2 Å². The Hall–Kier alpha value is -4.37. The number of carbonyl (C=O) groups excluding carboxylic acids is 2. The van der Waals surface area contributed by atoms with Crippen molar-refractivity contribution in [2.24, 2.45) is 0 Å². The van der Waals surface area contributed by atoms with Gasteiger partial charge in [0.05, 0.1) is 24.2 Å². The van der Waals surface area contributed by atoms with E-state index < -0.39 is 0 Å². The van der Waals surface area contributed by atoms with Crippen LogP contribution < -0.4 is 9.64 Å². The highest BCUT2D eigenvalue weighted by atomic mass is 19.1. The van der Waals surface area contributed by atoms with Crippen LogP contribution in [0.5, 0.6) is 5.75 Å². The second-order valence-electron chi connectivity index (χ2n) is 11.9. The number of hydrogen-bond donors (Lipinski definition) is 0. The number of esters is 1. The quantitative estimate of drug-likeness (QED) is 0.260. The first kappa shape index (κ1) is 29.7. The number of likely N-dealkylation sites (N-methyl/N-ethyl adjacent to an activating group) is 1. The molecular weight excluding hydrogens is 559 g/mol. The summed E-state index contributed by atoms with van der Waals surface area (Å²) in [5.74, 6) is 0.136. The Bertz CT molecular complexity index is 1660. The summed E-state index contributed by atoms with van der Waals surface area (Å²) in [5.41, 5.74) is 5.20. The van der Waals surface area contributed by atoms with E-state index in [0.717, 1.165) is 65.0 Å². The summed E-state index contributed by atoms with van der Waals surface area (Å²) in [4.78, 5) is 33.1. The third-order valence-corrected chi connectivity index (χ3v) is 8.76. The van der Waals surface area contributed by atoms with Gasteiger partial charge in [-0.2, -0.15) is 0 Å². The summed E-state index contributed by atoms with van der Waals surface area (Å²) < 4.78 is 27.2. The van der Waals surface area contributed by atoms with Gasteiger partial charge >= 0.3 is 12.0 Å². The molecule has 1 aromatic heterocycles. The lowest BCUT2D eigenvalue weighted by atomic mass is 10.1. The molecular formula is C35H39FN4O4. The molecule has 9 heteroatoms. The normalized spacial score (nSPS) is 17.0. The number of ether oxygens (including phenoxy) is 2. The van der Waals surface area contributed by atoms with Gasteiger partial charge in [-0.15, -0.1) is 0 Å². The molecule has 1 amide bonds. The Kier molecular flexibility index (Phi) is 8.57. The zero-order chi connectivity index (χ0) is 30.8. The molecule has 2 aliphatic rings. The Morgan fingerprint density at radius 3 is 2.52 bits per heavy atom. The van der Waals surface area contributed by atoms with E-state index in [2.05, 4.69) is 4.90 Å². The first-order chi connectivity index (χ1) is 21.3. The van der Waals surface area contributed by atoms with Gasteiger partial charge in [0.2, 0.25) is 0 Å². The standard InChI is InChI=1S/C35H39FN4O4/c1-24-9-11-31-30(19-24)29(21-34(41)43-23-26-7-5-4-6-8-26)25(2)40(31)35(42)39-17-15-38(16-18-39)14-13-28-22-37(3)32-20-27(36)10-12-33(32)44-28/h4-12,19-20,28H,13-18,21-23H2,1-3H3/t28-/m1/s1. The molecule has 3 heterocycles. The predicted molar refractivity (Wildman–Crippen MR) is 169 cm³/mol. The molecule has 2 aliphatic heterocycles. The summed E-state index contributed by atoms with van der Waals surface area (Å²) >= 11 is 0. The first-order valence-corrected chi connectivity index (χ1v) is 15.3. The third kappa shape index (κ3) is 6.28. The predicted octanol–water partition coefficient (Wildman–Crippen LogP) is 5.56. The highest BCUT2D eigenvalue weighted by Crippen LogP contribution is 2.34. The zero-order valence-corrected chi connectivity index (χ0v) is 25.6. The van der Waals surface area contributed by atoms with Gasteiger partial charge in [0.1, 0.15) is 24.3 Å². The van der Waals surface area contributed by atoms with Crippen LogP contribution in [-0.2, 0) is 22.6 Å². The number of benzene rings is 3. The van der Waals surface area contributed by atoms with Crippen molar-refractivity contribution in [2.45, 2.75) is 39.4 Å². The fourth-order valence-electron chi connectivity index (χ4n) is 6.29. The van der Waals surface area contributed by atoms with Crippen molar-refractivity contribution in [3.8, 4) is 5.75 Å². The second-order valence-corrected chi connectivity index (χ2v) is 11.9. The molecule has 8 nitrogen and oxygen atoms in total. The number of rotatable bonds is 7. The van der Waals surface area contributed by atoms with Crippen molar-refractivity contribution in [1.82, 2.24) is 14.4 Å². The fourth-order valence-corrected chi connectivity index (χ4v) is 6.29. The molecule has 0 aliphatic carbocycles. The maximum Gasteiger partial charge on any atom is 0.328 e. The maximum atomic E-state index is 13.9. The van der Waals surface area contributed by atoms with Crippen LogP contribution in [0.3, 0.4) is 0 Å². The Morgan fingerprint density at radius 2 is 1.75 bits per heavy atom. The monoisotopic (exact) mass is 598 g/mol. The van der Waals surface area contributed by atoms with Gasteiger partial charge in [0, 0.05) is 56.9 Å². The van der Waals surface area contributed by atoms with Crippen molar-refractivity contribution >= 4 is 28.6 Å².